The molecule has 0 saturated carbocycles. The molecular weight excluding hydrogens is 478 g/mol. The van der Waals surface area contributed by atoms with E-state index in [2.05, 4.69) is 15.6 Å². The number of aromatic nitrogens is 1. The largest absolute Gasteiger partial charge is 0.459 e. The molecule has 0 bridgehead atoms. The molecule has 0 aliphatic carbocycles. The number of anilines is 1. The number of carbonyl (C=O) groups is 1. The Kier molecular flexibility index (Phi) is 6.42. The minimum absolute atomic E-state index is 0.0123. The number of amides is 1. The average Bonchev–Trinajstić information content (AvgIpc) is 3.50. The van der Waals surface area contributed by atoms with Gasteiger partial charge in [-0.15, -0.1) is 0 Å². The lowest BCUT2D eigenvalue weighted by Gasteiger charge is -2.25. The summed E-state index contributed by atoms with van der Waals surface area (Å²) in [5.74, 6) is 0.787. The SMILES string of the molecule is O=C(CN1C(=S)N[C@@H](c2ccccn2)[C@@H]1c1ccc(-c2cccc([N+](=O)[O-])c2)o1)Nc1ccccc1. The number of nitro benzene ring substituents is 1. The monoisotopic (exact) mass is 499 g/mol. The van der Waals surface area contributed by atoms with Gasteiger partial charge in [-0.2, -0.15) is 0 Å². The van der Waals surface area contributed by atoms with Crippen LogP contribution in [0.2, 0.25) is 0 Å². The molecule has 3 heterocycles. The molecule has 2 atom stereocenters. The lowest BCUT2D eigenvalue weighted by Crippen LogP contribution is -2.36. The van der Waals surface area contributed by atoms with Crippen molar-refractivity contribution in [3.8, 4) is 11.3 Å². The number of nitrogens with zero attached hydrogens (tertiary/aromatic N) is 3. The van der Waals surface area contributed by atoms with Crippen molar-refractivity contribution < 1.29 is 14.1 Å². The molecule has 180 valence electrons. The molecule has 4 aromatic rings. The summed E-state index contributed by atoms with van der Waals surface area (Å²) in [5, 5.41) is 17.8. The van der Waals surface area contributed by atoms with Gasteiger partial charge in [0.05, 0.1) is 16.7 Å². The summed E-state index contributed by atoms with van der Waals surface area (Å²) in [4.78, 5) is 29.9. The van der Waals surface area contributed by atoms with E-state index in [1.54, 1.807) is 35.4 Å². The number of thiocarbonyl (C=S) groups is 1. The summed E-state index contributed by atoms with van der Waals surface area (Å²) in [6.45, 7) is -0.0123. The first-order chi connectivity index (χ1) is 17.5. The Morgan fingerprint density at radius 1 is 1.08 bits per heavy atom. The lowest BCUT2D eigenvalue weighted by molar-refractivity contribution is -0.384. The molecule has 1 aliphatic heterocycles. The summed E-state index contributed by atoms with van der Waals surface area (Å²) in [6.07, 6.45) is 1.69. The zero-order valence-corrected chi connectivity index (χ0v) is 19.7. The molecule has 2 N–H and O–H groups in total. The first-order valence-electron chi connectivity index (χ1n) is 11.2. The third kappa shape index (κ3) is 4.80. The number of pyridine rings is 1. The van der Waals surface area contributed by atoms with Gasteiger partial charge in [0.15, 0.2) is 5.11 Å². The fourth-order valence-electron chi connectivity index (χ4n) is 4.20. The van der Waals surface area contributed by atoms with Crippen LogP contribution in [0.4, 0.5) is 11.4 Å². The quantitative estimate of drug-likeness (QED) is 0.211. The van der Waals surface area contributed by atoms with Crippen molar-refractivity contribution in [3.63, 3.8) is 0 Å². The smallest absolute Gasteiger partial charge is 0.270 e. The van der Waals surface area contributed by atoms with Gasteiger partial charge in [0.1, 0.15) is 24.1 Å². The number of hydrogen-bond donors (Lipinski definition) is 2. The van der Waals surface area contributed by atoms with Crippen LogP contribution in [0.15, 0.2) is 95.5 Å². The number of nitro groups is 1. The maximum atomic E-state index is 12.9. The zero-order chi connectivity index (χ0) is 25.1. The number of nitrogens with one attached hydrogen (secondary N) is 2. The van der Waals surface area contributed by atoms with Gasteiger partial charge >= 0.3 is 0 Å². The Balaban J connectivity index is 1.47. The van der Waals surface area contributed by atoms with Gasteiger partial charge in [0.25, 0.3) is 5.69 Å². The second kappa shape index (κ2) is 9.96. The van der Waals surface area contributed by atoms with E-state index >= 15 is 0 Å². The van der Waals surface area contributed by atoms with E-state index in [-0.39, 0.29) is 24.2 Å². The number of non-ortho nitro benzene ring substituents is 1. The average molecular weight is 500 g/mol. The Hall–Kier alpha value is -4.57. The van der Waals surface area contributed by atoms with Crippen molar-refractivity contribution >= 4 is 34.6 Å². The first-order valence-corrected chi connectivity index (χ1v) is 11.6. The number of carbonyl (C=O) groups excluding carboxylic acids is 1. The van der Waals surface area contributed by atoms with Crippen LogP contribution >= 0.6 is 12.2 Å². The maximum absolute atomic E-state index is 12.9. The predicted octanol–water partition coefficient (Wildman–Crippen LogP) is 4.86. The molecule has 1 amide bonds. The second-order valence-electron chi connectivity index (χ2n) is 8.18. The van der Waals surface area contributed by atoms with E-state index in [0.717, 1.165) is 5.69 Å². The summed E-state index contributed by atoms with van der Waals surface area (Å²) >= 11 is 5.61. The van der Waals surface area contributed by atoms with E-state index < -0.39 is 11.0 Å². The summed E-state index contributed by atoms with van der Waals surface area (Å²) in [6, 6.07) is 23.7. The Morgan fingerprint density at radius 3 is 2.64 bits per heavy atom. The van der Waals surface area contributed by atoms with Crippen LogP contribution in [0, 0.1) is 10.1 Å². The van der Waals surface area contributed by atoms with Crippen LogP contribution in [0.3, 0.4) is 0 Å². The molecule has 2 aromatic heterocycles. The minimum atomic E-state index is -0.471. The predicted molar refractivity (Wildman–Crippen MR) is 138 cm³/mol. The van der Waals surface area contributed by atoms with Gasteiger partial charge in [-0.25, -0.2) is 0 Å². The number of rotatable bonds is 7. The van der Waals surface area contributed by atoms with Gasteiger partial charge < -0.3 is 20.0 Å². The highest BCUT2D eigenvalue weighted by atomic mass is 32.1. The Morgan fingerprint density at radius 2 is 1.89 bits per heavy atom. The van der Waals surface area contributed by atoms with Gasteiger partial charge in [0, 0.05) is 29.6 Å². The highest BCUT2D eigenvalue weighted by molar-refractivity contribution is 7.80. The summed E-state index contributed by atoms with van der Waals surface area (Å²) < 4.78 is 6.20. The van der Waals surface area contributed by atoms with E-state index in [9.17, 15) is 14.9 Å². The minimum Gasteiger partial charge on any atom is -0.459 e. The Bertz CT molecular complexity index is 1410. The second-order valence-corrected chi connectivity index (χ2v) is 8.56. The molecule has 0 spiro atoms. The molecule has 1 saturated heterocycles. The molecule has 9 nitrogen and oxygen atoms in total. The van der Waals surface area contributed by atoms with Crippen molar-refractivity contribution in [2.24, 2.45) is 0 Å². The van der Waals surface area contributed by atoms with E-state index in [4.69, 9.17) is 16.6 Å². The first kappa shape index (κ1) is 23.2. The molecule has 36 heavy (non-hydrogen) atoms. The third-order valence-electron chi connectivity index (χ3n) is 5.83. The molecule has 1 fully saturated rings. The molecule has 1 aliphatic rings. The molecule has 0 unspecified atom stereocenters. The molecular formula is C26H21N5O4S. The van der Waals surface area contributed by atoms with Crippen molar-refractivity contribution in [2.75, 3.05) is 11.9 Å². The normalized spacial score (nSPS) is 17.0. The molecule has 10 heteroatoms. The number of benzene rings is 2. The fourth-order valence-corrected chi connectivity index (χ4v) is 4.51. The van der Waals surface area contributed by atoms with Crippen LogP contribution in [0.25, 0.3) is 11.3 Å². The highest BCUT2D eigenvalue weighted by Crippen LogP contribution is 2.40. The maximum Gasteiger partial charge on any atom is 0.270 e. The third-order valence-corrected chi connectivity index (χ3v) is 6.18. The van der Waals surface area contributed by atoms with Crippen molar-refractivity contribution in [2.45, 2.75) is 12.1 Å². The van der Waals surface area contributed by atoms with Gasteiger partial charge in [0.2, 0.25) is 5.91 Å². The van der Waals surface area contributed by atoms with Gasteiger partial charge in [-0.3, -0.25) is 19.9 Å². The summed E-state index contributed by atoms with van der Waals surface area (Å²) in [7, 11) is 0. The van der Waals surface area contributed by atoms with Crippen molar-refractivity contribution in [1.82, 2.24) is 15.2 Å². The van der Waals surface area contributed by atoms with Crippen molar-refractivity contribution in [1.29, 1.82) is 0 Å². The van der Waals surface area contributed by atoms with E-state index in [0.29, 0.717) is 27.9 Å². The van der Waals surface area contributed by atoms with Crippen LogP contribution in [-0.2, 0) is 4.79 Å². The molecule has 5 rings (SSSR count). The molecule has 0 radical (unpaired) electrons. The van der Waals surface area contributed by atoms with Gasteiger partial charge in [-0.1, -0.05) is 36.4 Å². The fraction of sp³-hybridized carbons (Fsp3) is 0.115. The summed E-state index contributed by atoms with van der Waals surface area (Å²) in [5.41, 5.74) is 1.97. The van der Waals surface area contributed by atoms with E-state index in [1.807, 2.05) is 48.5 Å². The van der Waals surface area contributed by atoms with E-state index in [1.165, 1.54) is 12.1 Å². The van der Waals surface area contributed by atoms with Crippen LogP contribution in [0.1, 0.15) is 23.5 Å². The van der Waals surface area contributed by atoms with Crippen LogP contribution in [-0.4, -0.2) is 32.4 Å². The van der Waals surface area contributed by atoms with Crippen molar-refractivity contribution in [3.05, 3.63) is 113 Å². The van der Waals surface area contributed by atoms with Crippen LogP contribution in [0.5, 0.6) is 0 Å². The molecule has 2 aromatic carbocycles. The van der Waals surface area contributed by atoms with Gasteiger partial charge in [-0.05, 0) is 48.6 Å². The standard InChI is InChI=1S/C26H21N5O4S/c32-23(28-18-8-2-1-3-9-18)16-30-25(24(29-26(30)36)20-11-4-5-14-27-20)22-13-12-21(35-22)17-7-6-10-19(15-17)31(33)34/h1-15,24-25H,16H2,(H,28,32)(H,29,36)/t24-,25-/m0/s1. The number of para-hydroxylation sites is 1. The zero-order valence-electron chi connectivity index (χ0n) is 18.9. The Labute approximate surface area is 211 Å². The highest BCUT2D eigenvalue weighted by Gasteiger charge is 2.42. The topological polar surface area (TPSA) is 114 Å². The number of hydrogen-bond acceptors (Lipinski definition) is 6. The lowest BCUT2D eigenvalue weighted by atomic mass is 10.0. The van der Waals surface area contributed by atoms with Crippen LogP contribution < -0.4 is 10.6 Å². The number of furan rings is 1.